The summed E-state index contributed by atoms with van der Waals surface area (Å²) in [5.41, 5.74) is 0. The van der Waals surface area contributed by atoms with Crippen molar-refractivity contribution >= 4 is 17.7 Å². The van der Waals surface area contributed by atoms with Crippen molar-refractivity contribution in [2.75, 3.05) is 26.0 Å². The highest BCUT2D eigenvalue weighted by Crippen LogP contribution is 2.21. The minimum absolute atomic E-state index is 0.0275. The van der Waals surface area contributed by atoms with Gasteiger partial charge >= 0.3 is 0 Å². The van der Waals surface area contributed by atoms with Crippen LogP contribution in [0.1, 0.15) is 25.6 Å². The molecule has 0 bridgehead atoms. The second-order valence-corrected chi connectivity index (χ2v) is 7.28. The quantitative estimate of drug-likeness (QED) is 0.606. The van der Waals surface area contributed by atoms with E-state index in [9.17, 15) is 4.79 Å². The largest absolute Gasteiger partial charge is 0.497 e. The maximum Gasteiger partial charge on any atom is 0.230 e. The van der Waals surface area contributed by atoms with Crippen molar-refractivity contribution in [3.05, 3.63) is 30.1 Å². The summed E-state index contributed by atoms with van der Waals surface area (Å²) in [4.78, 5) is 12.1. The normalized spacial score (nSPS) is 16.1. The number of nitrogens with zero attached hydrogens (tertiary/aromatic N) is 3. The zero-order chi connectivity index (χ0) is 19.8. The lowest BCUT2D eigenvalue weighted by molar-refractivity contribution is -0.119. The van der Waals surface area contributed by atoms with Gasteiger partial charge in [-0.25, -0.2) is 0 Å². The Morgan fingerprint density at radius 2 is 2.25 bits per heavy atom. The first-order valence-electron chi connectivity index (χ1n) is 9.39. The predicted octanol–water partition coefficient (Wildman–Crippen LogP) is 2.27. The summed E-state index contributed by atoms with van der Waals surface area (Å²) in [6.45, 7) is 4.36. The Morgan fingerprint density at radius 3 is 3.00 bits per heavy atom. The number of thioether (sulfide) groups is 1. The van der Waals surface area contributed by atoms with Gasteiger partial charge in [0.15, 0.2) is 11.0 Å². The molecule has 1 N–H and O–H groups in total. The highest BCUT2D eigenvalue weighted by Gasteiger charge is 2.17. The lowest BCUT2D eigenvalue weighted by Gasteiger charge is -2.11. The summed E-state index contributed by atoms with van der Waals surface area (Å²) in [5.74, 6) is 2.42. The monoisotopic (exact) mass is 406 g/mol. The van der Waals surface area contributed by atoms with E-state index >= 15 is 0 Å². The van der Waals surface area contributed by atoms with Crippen molar-refractivity contribution in [3.63, 3.8) is 0 Å². The van der Waals surface area contributed by atoms with Crippen LogP contribution in [-0.4, -0.2) is 52.8 Å². The van der Waals surface area contributed by atoms with Crippen molar-refractivity contribution in [1.29, 1.82) is 0 Å². The SMILES string of the molecule is CCn1c(COc2cccc(OC)c2)nnc1SCC(=O)NC[C@@H]1CCCO1. The molecule has 0 saturated carbocycles. The van der Waals surface area contributed by atoms with Crippen LogP contribution in [0.5, 0.6) is 11.5 Å². The molecule has 0 radical (unpaired) electrons. The van der Waals surface area contributed by atoms with E-state index in [1.807, 2.05) is 35.8 Å². The second kappa shape index (κ2) is 10.3. The number of ether oxygens (including phenoxy) is 3. The fraction of sp³-hybridized carbons (Fsp3) is 0.526. The van der Waals surface area contributed by atoms with Gasteiger partial charge in [0.2, 0.25) is 5.91 Å². The zero-order valence-electron chi connectivity index (χ0n) is 16.2. The van der Waals surface area contributed by atoms with E-state index in [2.05, 4.69) is 15.5 Å². The molecule has 1 fully saturated rings. The van der Waals surface area contributed by atoms with Crippen LogP contribution in [0.15, 0.2) is 29.4 Å². The van der Waals surface area contributed by atoms with Crippen LogP contribution in [0, 0.1) is 0 Å². The molecule has 2 heterocycles. The van der Waals surface area contributed by atoms with Gasteiger partial charge in [-0.15, -0.1) is 10.2 Å². The third kappa shape index (κ3) is 5.62. The highest BCUT2D eigenvalue weighted by atomic mass is 32.2. The number of carbonyl (C=O) groups excluding carboxylic acids is 1. The first-order chi connectivity index (χ1) is 13.7. The summed E-state index contributed by atoms with van der Waals surface area (Å²) in [6.07, 6.45) is 2.22. The molecule has 3 rings (SSSR count). The Labute approximate surface area is 168 Å². The number of hydrogen-bond donors (Lipinski definition) is 1. The smallest absolute Gasteiger partial charge is 0.230 e. The van der Waals surface area contributed by atoms with Gasteiger partial charge in [0.1, 0.15) is 18.1 Å². The van der Waals surface area contributed by atoms with Gasteiger partial charge in [0, 0.05) is 25.8 Å². The van der Waals surface area contributed by atoms with E-state index in [0.29, 0.717) is 42.2 Å². The van der Waals surface area contributed by atoms with Crippen LogP contribution in [-0.2, 0) is 22.7 Å². The van der Waals surface area contributed by atoms with Crippen LogP contribution in [0.4, 0.5) is 0 Å². The molecule has 1 amide bonds. The molecule has 1 saturated heterocycles. The molecule has 1 atom stereocenters. The molecule has 0 unspecified atom stereocenters. The van der Waals surface area contributed by atoms with Crippen molar-refractivity contribution in [1.82, 2.24) is 20.1 Å². The maximum atomic E-state index is 12.1. The minimum Gasteiger partial charge on any atom is -0.497 e. The van der Waals surface area contributed by atoms with Crippen LogP contribution in [0.3, 0.4) is 0 Å². The van der Waals surface area contributed by atoms with E-state index in [1.54, 1.807) is 7.11 Å². The summed E-state index contributed by atoms with van der Waals surface area (Å²) in [5, 5.41) is 12.1. The number of amides is 1. The standard InChI is InChI=1S/C19H26N4O4S/c1-3-23-17(12-27-15-7-4-6-14(10-15)25-2)21-22-19(23)28-13-18(24)20-11-16-8-5-9-26-16/h4,6-7,10,16H,3,5,8-9,11-13H2,1-2H3,(H,20,24)/t16-/m0/s1. The van der Waals surface area contributed by atoms with Crippen molar-refractivity contribution in [2.24, 2.45) is 0 Å². The molecule has 1 aromatic carbocycles. The lowest BCUT2D eigenvalue weighted by Crippen LogP contribution is -2.32. The molecule has 0 aliphatic carbocycles. The second-order valence-electron chi connectivity index (χ2n) is 6.34. The molecule has 152 valence electrons. The topological polar surface area (TPSA) is 87.5 Å². The van der Waals surface area contributed by atoms with Crippen molar-refractivity contribution in [2.45, 2.75) is 44.2 Å². The van der Waals surface area contributed by atoms with Gasteiger partial charge in [-0.05, 0) is 31.9 Å². The Kier molecular flexibility index (Phi) is 7.55. The van der Waals surface area contributed by atoms with Gasteiger partial charge in [0.25, 0.3) is 0 Å². The van der Waals surface area contributed by atoms with Crippen LogP contribution in [0.25, 0.3) is 0 Å². The third-order valence-corrected chi connectivity index (χ3v) is 5.37. The minimum atomic E-state index is -0.0275. The Bertz CT molecular complexity index is 777. The summed E-state index contributed by atoms with van der Waals surface area (Å²) < 4.78 is 18.5. The third-order valence-electron chi connectivity index (χ3n) is 4.40. The number of rotatable bonds is 10. The lowest BCUT2D eigenvalue weighted by atomic mass is 10.2. The van der Waals surface area contributed by atoms with Gasteiger partial charge in [0.05, 0.1) is 19.0 Å². The molecule has 1 aliphatic heterocycles. The number of methoxy groups -OCH3 is 1. The van der Waals surface area contributed by atoms with Crippen molar-refractivity contribution < 1.29 is 19.0 Å². The summed E-state index contributed by atoms with van der Waals surface area (Å²) >= 11 is 1.37. The number of aromatic nitrogens is 3. The number of benzene rings is 1. The van der Waals surface area contributed by atoms with Gasteiger partial charge in [-0.2, -0.15) is 0 Å². The van der Waals surface area contributed by atoms with E-state index in [4.69, 9.17) is 14.2 Å². The highest BCUT2D eigenvalue weighted by molar-refractivity contribution is 7.99. The average Bonchev–Trinajstić information content (AvgIpc) is 3.38. The number of nitrogens with one attached hydrogen (secondary N) is 1. The van der Waals surface area contributed by atoms with Gasteiger partial charge in [-0.1, -0.05) is 17.8 Å². The molecule has 1 aliphatic rings. The van der Waals surface area contributed by atoms with Crippen LogP contribution < -0.4 is 14.8 Å². The zero-order valence-corrected chi connectivity index (χ0v) is 17.0. The Hall–Kier alpha value is -2.26. The molecular formula is C19H26N4O4S. The fourth-order valence-electron chi connectivity index (χ4n) is 2.90. The molecule has 1 aromatic heterocycles. The van der Waals surface area contributed by atoms with Crippen LogP contribution in [0.2, 0.25) is 0 Å². The summed E-state index contributed by atoms with van der Waals surface area (Å²) in [7, 11) is 1.62. The first kappa shape index (κ1) is 20.5. The molecule has 8 nitrogen and oxygen atoms in total. The first-order valence-corrected chi connectivity index (χ1v) is 10.4. The van der Waals surface area contributed by atoms with Gasteiger partial charge < -0.3 is 24.1 Å². The number of hydrogen-bond acceptors (Lipinski definition) is 7. The van der Waals surface area contributed by atoms with Crippen LogP contribution >= 0.6 is 11.8 Å². The summed E-state index contributed by atoms with van der Waals surface area (Å²) in [6, 6.07) is 7.42. The van der Waals surface area contributed by atoms with E-state index in [0.717, 1.165) is 25.2 Å². The molecular weight excluding hydrogens is 380 g/mol. The molecule has 0 spiro atoms. The molecule has 28 heavy (non-hydrogen) atoms. The van der Waals surface area contributed by atoms with Crippen molar-refractivity contribution in [3.8, 4) is 11.5 Å². The maximum absolute atomic E-state index is 12.1. The Morgan fingerprint density at radius 1 is 1.39 bits per heavy atom. The predicted molar refractivity (Wildman–Crippen MR) is 106 cm³/mol. The van der Waals surface area contributed by atoms with E-state index < -0.39 is 0 Å². The Balaban J connectivity index is 1.50. The van der Waals surface area contributed by atoms with Gasteiger partial charge in [-0.3, -0.25) is 4.79 Å². The average molecular weight is 407 g/mol. The number of carbonyl (C=O) groups is 1. The van der Waals surface area contributed by atoms with E-state index in [1.165, 1.54) is 11.8 Å². The molecule has 9 heteroatoms. The van der Waals surface area contributed by atoms with E-state index in [-0.39, 0.29) is 12.0 Å². The fourth-order valence-corrected chi connectivity index (χ4v) is 3.75. The molecule has 2 aromatic rings.